The average Bonchev–Trinajstić information content (AvgIpc) is 3.32. The molecule has 0 unspecified atom stereocenters. The van der Waals surface area contributed by atoms with Crippen molar-refractivity contribution in [1.82, 2.24) is 0 Å². The van der Waals surface area contributed by atoms with Gasteiger partial charge in [-0.1, -0.05) is 67.7 Å². The number of fused-ring (bicyclic) bond motifs is 2. The first-order valence-electron chi connectivity index (χ1n) is 15.0. The van der Waals surface area contributed by atoms with Crippen molar-refractivity contribution in [3.05, 3.63) is 0 Å². The summed E-state index contributed by atoms with van der Waals surface area (Å²) in [6.07, 6.45) is 16.9. The summed E-state index contributed by atoms with van der Waals surface area (Å²) in [6.45, 7) is 19.3. The van der Waals surface area contributed by atoms with Crippen LogP contribution in [0.25, 0.3) is 0 Å². The zero-order valence-electron chi connectivity index (χ0n) is 23.8. The molecule has 5 rings (SSSR count). The summed E-state index contributed by atoms with van der Waals surface area (Å²) >= 11 is 0. The maximum Gasteiger partial charge on any atom is 0.302 e. The van der Waals surface area contributed by atoms with E-state index < -0.39 is 0 Å². The summed E-state index contributed by atoms with van der Waals surface area (Å²) < 4.78 is 5.91. The molecule has 34 heavy (non-hydrogen) atoms. The quantitative estimate of drug-likeness (QED) is 0.362. The van der Waals surface area contributed by atoms with Crippen LogP contribution < -0.4 is 0 Å². The molecule has 0 saturated heterocycles. The first-order valence-corrected chi connectivity index (χ1v) is 15.0. The molecule has 0 aromatic heterocycles. The Bertz CT molecular complexity index is 814. The monoisotopic (exact) mass is 470 g/mol. The summed E-state index contributed by atoms with van der Waals surface area (Å²) in [5, 5.41) is 0. The number of hydrogen-bond donors (Lipinski definition) is 0. The van der Waals surface area contributed by atoms with Gasteiger partial charge in [-0.15, -0.1) is 0 Å². The van der Waals surface area contributed by atoms with Gasteiger partial charge in [0.05, 0.1) is 0 Å². The van der Waals surface area contributed by atoms with Crippen LogP contribution in [0.2, 0.25) is 0 Å². The summed E-state index contributed by atoms with van der Waals surface area (Å²) in [7, 11) is 0. The van der Waals surface area contributed by atoms with Gasteiger partial charge in [-0.2, -0.15) is 0 Å². The Morgan fingerprint density at radius 2 is 1.50 bits per heavy atom. The Labute approximate surface area is 210 Å². The van der Waals surface area contributed by atoms with Gasteiger partial charge >= 0.3 is 5.97 Å². The van der Waals surface area contributed by atoms with E-state index in [-0.39, 0.29) is 17.5 Å². The molecule has 0 amide bonds. The smallest absolute Gasteiger partial charge is 0.302 e. The minimum atomic E-state index is -0.0892. The standard InChI is InChI=1S/C32H54O2/c1-21(2)10-9-11-22(3)24-14-16-30(8)26-13-12-25-28(5,6)27(34-23(4)33)15-17-31(25)20-32(26,31)19-18-29(24,30)7/h21-22,24-27H,9-20H2,1-8H3/t22-,24-,25+,26+,27+,29-,30+,31-,32+/m1/s1. The third kappa shape index (κ3) is 3.21. The fourth-order valence-corrected chi connectivity index (χ4v) is 11.7. The molecule has 5 aliphatic rings. The SMILES string of the molecule is CC(=O)O[C@H]1CC[C@]23C[C@]24CC[C@]2(C)[C@@H]([C@H](C)CCCC(C)C)CC[C@@]2(C)[C@@H]4CC[C@H]3C1(C)C. The van der Waals surface area contributed by atoms with E-state index in [4.69, 9.17) is 4.74 Å². The highest BCUT2D eigenvalue weighted by molar-refractivity contribution is 5.66. The third-order valence-electron chi connectivity index (χ3n) is 13.5. The van der Waals surface area contributed by atoms with Crippen molar-refractivity contribution >= 4 is 5.97 Å². The molecule has 0 N–H and O–H groups in total. The van der Waals surface area contributed by atoms with Gasteiger partial charge in [-0.05, 0) is 109 Å². The topological polar surface area (TPSA) is 26.3 Å². The summed E-state index contributed by atoms with van der Waals surface area (Å²) in [4.78, 5) is 11.8. The van der Waals surface area contributed by atoms with Crippen molar-refractivity contribution in [2.75, 3.05) is 0 Å². The van der Waals surface area contributed by atoms with Crippen LogP contribution in [-0.2, 0) is 9.53 Å². The van der Waals surface area contributed by atoms with Crippen LogP contribution in [0.15, 0.2) is 0 Å². The Morgan fingerprint density at radius 3 is 2.18 bits per heavy atom. The van der Waals surface area contributed by atoms with Gasteiger partial charge in [0.15, 0.2) is 0 Å². The molecule has 5 saturated carbocycles. The lowest BCUT2D eigenvalue weighted by atomic mass is 9.41. The number of carbonyl (C=O) groups excluding carboxylic acids is 1. The number of hydrogen-bond acceptors (Lipinski definition) is 2. The fourth-order valence-electron chi connectivity index (χ4n) is 11.7. The second-order valence-electron chi connectivity index (χ2n) is 15.4. The van der Waals surface area contributed by atoms with E-state index in [0.29, 0.717) is 21.7 Å². The Morgan fingerprint density at radius 1 is 0.824 bits per heavy atom. The number of rotatable bonds is 6. The van der Waals surface area contributed by atoms with Crippen molar-refractivity contribution in [3.8, 4) is 0 Å². The predicted molar refractivity (Wildman–Crippen MR) is 140 cm³/mol. The van der Waals surface area contributed by atoms with Gasteiger partial charge in [0.25, 0.3) is 0 Å². The second kappa shape index (κ2) is 7.98. The minimum absolute atomic E-state index is 0.0892. The summed E-state index contributed by atoms with van der Waals surface area (Å²) in [6, 6.07) is 0. The molecule has 0 heterocycles. The van der Waals surface area contributed by atoms with Crippen LogP contribution in [0, 0.1) is 56.7 Å². The lowest BCUT2D eigenvalue weighted by molar-refractivity contribution is -0.181. The van der Waals surface area contributed by atoms with Gasteiger partial charge in [0.2, 0.25) is 0 Å². The Hall–Kier alpha value is -0.530. The highest BCUT2D eigenvalue weighted by Crippen LogP contribution is 2.89. The van der Waals surface area contributed by atoms with Crippen LogP contribution in [-0.4, -0.2) is 12.1 Å². The number of carbonyl (C=O) groups is 1. The van der Waals surface area contributed by atoms with Crippen molar-refractivity contribution in [3.63, 3.8) is 0 Å². The van der Waals surface area contributed by atoms with Crippen LogP contribution >= 0.6 is 0 Å². The first kappa shape index (κ1) is 25.1. The van der Waals surface area contributed by atoms with Crippen LogP contribution in [0.4, 0.5) is 0 Å². The molecule has 0 bridgehead atoms. The molecular formula is C32H54O2. The molecule has 2 heteroatoms. The highest BCUT2D eigenvalue weighted by Gasteiger charge is 2.82. The fraction of sp³-hybridized carbons (Fsp3) is 0.969. The van der Waals surface area contributed by atoms with Gasteiger partial charge in [0, 0.05) is 12.3 Å². The Balaban J connectivity index is 1.37. The number of ether oxygens (including phenoxy) is 1. The highest BCUT2D eigenvalue weighted by atomic mass is 16.5. The van der Waals surface area contributed by atoms with E-state index >= 15 is 0 Å². The zero-order valence-corrected chi connectivity index (χ0v) is 23.8. The van der Waals surface area contributed by atoms with Crippen LogP contribution in [0.1, 0.15) is 132 Å². The van der Waals surface area contributed by atoms with Crippen molar-refractivity contribution < 1.29 is 9.53 Å². The van der Waals surface area contributed by atoms with Crippen molar-refractivity contribution in [1.29, 1.82) is 0 Å². The summed E-state index contributed by atoms with van der Waals surface area (Å²) in [5.74, 6) is 4.20. The van der Waals surface area contributed by atoms with Crippen LogP contribution in [0.5, 0.6) is 0 Å². The van der Waals surface area contributed by atoms with Gasteiger partial charge in [0.1, 0.15) is 6.10 Å². The van der Waals surface area contributed by atoms with E-state index in [9.17, 15) is 4.79 Å². The molecule has 5 fully saturated rings. The minimum Gasteiger partial charge on any atom is -0.462 e. The molecule has 2 nitrogen and oxygen atoms in total. The number of esters is 1. The summed E-state index contributed by atoms with van der Waals surface area (Å²) in [5.41, 5.74) is 2.30. The molecule has 0 aromatic carbocycles. The second-order valence-corrected chi connectivity index (χ2v) is 15.4. The van der Waals surface area contributed by atoms with Crippen LogP contribution in [0.3, 0.4) is 0 Å². The van der Waals surface area contributed by atoms with E-state index in [1.165, 1.54) is 70.6 Å². The molecule has 0 aromatic rings. The lowest BCUT2D eigenvalue weighted by Gasteiger charge is -2.63. The molecule has 9 atom stereocenters. The molecule has 5 aliphatic carbocycles. The van der Waals surface area contributed by atoms with Crippen molar-refractivity contribution in [2.45, 2.75) is 139 Å². The first-order chi connectivity index (χ1) is 15.8. The van der Waals surface area contributed by atoms with E-state index in [0.717, 1.165) is 36.0 Å². The molecular weight excluding hydrogens is 416 g/mol. The molecule has 0 aliphatic heterocycles. The predicted octanol–water partition coefficient (Wildman–Crippen LogP) is 8.82. The average molecular weight is 471 g/mol. The van der Waals surface area contributed by atoms with E-state index in [2.05, 4.69) is 48.5 Å². The molecule has 2 spiro atoms. The van der Waals surface area contributed by atoms with Gasteiger partial charge < -0.3 is 4.74 Å². The molecule has 194 valence electrons. The lowest BCUT2D eigenvalue weighted by Crippen LogP contribution is -2.58. The third-order valence-corrected chi connectivity index (χ3v) is 13.5. The van der Waals surface area contributed by atoms with E-state index in [1.807, 2.05) is 0 Å². The van der Waals surface area contributed by atoms with Crippen molar-refractivity contribution in [2.24, 2.45) is 56.7 Å². The van der Waals surface area contributed by atoms with Gasteiger partial charge in [-0.3, -0.25) is 4.79 Å². The van der Waals surface area contributed by atoms with Gasteiger partial charge in [-0.25, -0.2) is 0 Å². The normalized spacial score (nSPS) is 49.4. The maximum atomic E-state index is 11.8. The molecule has 0 radical (unpaired) electrons. The zero-order chi connectivity index (χ0) is 24.7. The van der Waals surface area contributed by atoms with E-state index in [1.54, 1.807) is 6.92 Å². The Kier molecular flexibility index (Phi) is 5.90. The largest absolute Gasteiger partial charge is 0.462 e. The maximum absolute atomic E-state index is 11.8.